The standard InChI is InChI=1S/C19H24N2O6/c1-6-25-16(22)14(17(23)26-7-2)13-10-8-9-12(11-20)15(13)21-18(24)27-19(3,4)5/h8-10,14H,6-7H2,1-5H3,(H,21,24). The second kappa shape index (κ2) is 9.57. The smallest absolute Gasteiger partial charge is 0.412 e. The van der Waals surface area contributed by atoms with Crippen molar-refractivity contribution >= 4 is 23.7 Å². The quantitative estimate of drug-likeness (QED) is 0.461. The number of hydrogen-bond donors (Lipinski definition) is 1. The minimum atomic E-state index is -1.44. The molecule has 0 aliphatic heterocycles. The molecule has 0 aliphatic carbocycles. The molecular formula is C19H24N2O6. The molecule has 1 N–H and O–H groups in total. The molecule has 0 spiro atoms. The summed E-state index contributed by atoms with van der Waals surface area (Å²) in [5.74, 6) is -3.11. The number of amides is 1. The zero-order chi connectivity index (χ0) is 20.6. The fraction of sp³-hybridized carbons (Fsp3) is 0.474. The van der Waals surface area contributed by atoms with E-state index in [4.69, 9.17) is 14.2 Å². The van der Waals surface area contributed by atoms with Gasteiger partial charge in [-0.05, 0) is 40.7 Å². The van der Waals surface area contributed by atoms with E-state index in [1.165, 1.54) is 18.2 Å². The summed E-state index contributed by atoms with van der Waals surface area (Å²) in [6, 6.07) is 6.32. The van der Waals surface area contributed by atoms with Crippen LogP contribution in [0.25, 0.3) is 0 Å². The van der Waals surface area contributed by atoms with E-state index >= 15 is 0 Å². The summed E-state index contributed by atoms with van der Waals surface area (Å²) in [5.41, 5.74) is -0.609. The van der Waals surface area contributed by atoms with E-state index in [1.54, 1.807) is 34.6 Å². The average molecular weight is 376 g/mol. The highest BCUT2D eigenvalue weighted by atomic mass is 16.6. The fourth-order valence-corrected chi connectivity index (χ4v) is 2.25. The van der Waals surface area contributed by atoms with Crippen LogP contribution in [0.4, 0.5) is 10.5 Å². The van der Waals surface area contributed by atoms with Gasteiger partial charge in [0.2, 0.25) is 0 Å². The zero-order valence-electron chi connectivity index (χ0n) is 16.1. The molecule has 0 saturated heterocycles. The van der Waals surface area contributed by atoms with Gasteiger partial charge in [-0.2, -0.15) is 5.26 Å². The molecule has 0 atom stereocenters. The minimum absolute atomic E-state index is 0.000330. The van der Waals surface area contributed by atoms with E-state index in [1.807, 2.05) is 6.07 Å². The van der Waals surface area contributed by atoms with Crippen LogP contribution in [0.1, 0.15) is 51.7 Å². The highest BCUT2D eigenvalue weighted by Gasteiger charge is 2.35. The van der Waals surface area contributed by atoms with Gasteiger partial charge in [0, 0.05) is 5.56 Å². The predicted octanol–water partition coefficient (Wildman–Crippen LogP) is 3.12. The molecular weight excluding hydrogens is 352 g/mol. The summed E-state index contributed by atoms with van der Waals surface area (Å²) in [4.78, 5) is 36.9. The minimum Gasteiger partial charge on any atom is -0.465 e. The third-order valence-electron chi connectivity index (χ3n) is 3.20. The van der Waals surface area contributed by atoms with Crippen molar-refractivity contribution in [2.24, 2.45) is 0 Å². The Balaban J connectivity index is 3.42. The van der Waals surface area contributed by atoms with Crippen molar-refractivity contribution < 1.29 is 28.6 Å². The summed E-state index contributed by atoms with van der Waals surface area (Å²) in [6.45, 7) is 8.37. The molecule has 1 rings (SSSR count). The molecule has 27 heavy (non-hydrogen) atoms. The molecule has 0 fully saturated rings. The first-order valence-corrected chi connectivity index (χ1v) is 8.50. The van der Waals surface area contributed by atoms with Gasteiger partial charge < -0.3 is 14.2 Å². The number of ether oxygens (including phenoxy) is 3. The first-order valence-electron chi connectivity index (χ1n) is 8.50. The molecule has 0 heterocycles. The second-order valence-electron chi connectivity index (χ2n) is 6.45. The van der Waals surface area contributed by atoms with Gasteiger partial charge in [-0.3, -0.25) is 14.9 Å². The van der Waals surface area contributed by atoms with E-state index in [2.05, 4.69) is 5.32 Å². The van der Waals surface area contributed by atoms with Crippen LogP contribution in [0.15, 0.2) is 18.2 Å². The molecule has 0 bridgehead atoms. The van der Waals surface area contributed by atoms with Gasteiger partial charge in [0.1, 0.15) is 11.7 Å². The molecule has 1 aromatic rings. The van der Waals surface area contributed by atoms with E-state index in [-0.39, 0.29) is 30.0 Å². The first-order chi connectivity index (χ1) is 12.6. The predicted molar refractivity (Wildman–Crippen MR) is 97.0 cm³/mol. The Labute approximate surface area is 158 Å². The number of hydrogen-bond acceptors (Lipinski definition) is 7. The number of nitrogens with zero attached hydrogens (tertiary/aromatic N) is 1. The Hall–Kier alpha value is -3.08. The third kappa shape index (κ3) is 6.29. The Morgan fingerprint density at radius 1 is 1.11 bits per heavy atom. The lowest BCUT2D eigenvalue weighted by atomic mass is 9.94. The van der Waals surface area contributed by atoms with E-state index in [0.717, 1.165) is 0 Å². The van der Waals surface area contributed by atoms with Crippen molar-refractivity contribution in [2.75, 3.05) is 18.5 Å². The molecule has 1 aromatic carbocycles. The van der Waals surface area contributed by atoms with Gasteiger partial charge in [0.05, 0.1) is 24.5 Å². The maximum Gasteiger partial charge on any atom is 0.412 e. The molecule has 0 aromatic heterocycles. The maximum absolute atomic E-state index is 12.4. The van der Waals surface area contributed by atoms with Crippen molar-refractivity contribution in [3.8, 4) is 6.07 Å². The van der Waals surface area contributed by atoms with E-state index < -0.39 is 29.6 Å². The zero-order valence-corrected chi connectivity index (χ0v) is 16.1. The molecule has 1 amide bonds. The SMILES string of the molecule is CCOC(=O)C(C(=O)OCC)c1cccc(C#N)c1NC(=O)OC(C)(C)C. The lowest BCUT2D eigenvalue weighted by Crippen LogP contribution is -2.30. The third-order valence-corrected chi connectivity index (χ3v) is 3.20. The number of nitriles is 1. The van der Waals surface area contributed by atoms with E-state index in [0.29, 0.717) is 0 Å². The lowest BCUT2D eigenvalue weighted by molar-refractivity contribution is -0.156. The Morgan fingerprint density at radius 2 is 1.67 bits per heavy atom. The van der Waals surface area contributed by atoms with Gasteiger partial charge in [0.15, 0.2) is 5.92 Å². The molecule has 0 saturated carbocycles. The Morgan fingerprint density at radius 3 is 2.11 bits per heavy atom. The molecule has 8 heteroatoms. The average Bonchev–Trinajstić information content (AvgIpc) is 2.55. The van der Waals surface area contributed by atoms with Crippen LogP contribution < -0.4 is 5.32 Å². The van der Waals surface area contributed by atoms with Gasteiger partial charge in [-0.25, -0.2) is 4.79 Å². The van der Waals surface area contributed by atoms with Crippen molar-refractivity contribution in [2.45, 2.75) is 46.1 Å². The van der Waals surface area contributed by atoms with Crippen molar-refractivity contribution in [3.63, 3.8) is 0 Å². The van der Waals surface area contributed by atoms with Crippen molar-refractivity contribution in [1.82, 2.24) is 0 Å². The van der Waals surface area contributed by atoms with Crippen LogP contribution in [0.3, 0.4) is 0 Å². The van der Waals surface area contributed by atoms with Crippen LogP contribution in [0.5, 0.6) is 0 Å². The monoisotopic (exact) mass is 376 g/mol. The van der Waals surface area contributed by atoms with Crippen molar-refractivity contribution in [1.29, 1.82) is 5.26 Å². The van der Waals surface area contributed by atoms with E-state index in [9.17, 15) is 19.6 Å². The molecule has 0 radical (unpaired) electrons. The maximum atomic E-state index is 12.4. The number of benzene rings is 1. The number of para-hydroxylation sites is 1. The van der Waals surface area contributed by atoms with Gasteiger partial charge in [-0.1, -0.05) is 12.1 Å². The Kier molecular flexibility index (Phi) is 7.79. The van der Waals surface area contributed by atoms with Crippen LogP contribution in [0.2, 0.25) is 0 Å². The number of rotatable bonds is 6. The first kappa shape index (κ1) is 22.0. The number of anilines is 1. The molecule has 0 unspecified atom stereocenters. The number of nitrogens with one attached hydrogen (secondary N) is 1. The largest absolute Gasteiger partial charge is 0.465 e. The van der Waals surface area contributed by atoms with Gasteiger partial charge >= 0.3 is 18.0 Å². The summed E-state index contributed by atoms with van der Waals surface area (Å²) >= 11 is 0. The van der Waals surface area contributed by atoms with Crippen molar-refractivity contribution in [3.05, 3.63) is 29.3 Å². The Bertz CT molecular complexity index is 728. The lowest BCUT2D eigenvalue weighted by Gasteiger charge is -2.22. The topological polar surface area (TPSA) is 115 Å². The number of carbonyl (C=O) groups is 3. The highest BCUT2D eigenvalue weighted by Crippen LogP contribution is 2.30. The van der Waals surface area contributed by atoms with Crippen LogP contribution in [0, 0.1) is 11.3 Å². The van der Waals surface area contributed by atoms with Crippen LogP contribution >= 0.6 is 0 Å². The van der Waals surface area contributed by atoms with Gasteiger partial charge in [-0.15, -0.1) is 0 Å². The fourth-order valence-electron chi connectivity index (χ4n) is 2.25. The van der Waals surface area contributed by atoms with Gasteiger partial charge in [0.25, 0.3) is 0 Å². The normalized spacial score (nSPS) is 10.7. The van der Waals surface area contributed by atoms with Crippen LogP contribution in [-0.4, -0.2) is 36.8 Å². The molecule has 146 valence electrons. The summed E-state index contributed by atoms with van der Waals surface area (Å²) in [5, 5.41) is 11.8. The molecule has 0 aliphatic rings. The highest BCUT2D eigenvalue weighted by molar-refractivity contribution is 6.03. The number of carbonyl (C=O) groups excluding carboxylic acids is 3. The number of esters is 2. The molecule has 8 nitrogen and oxygen atoms in total. The summed E-state index contributed by atoms with van der Waals surface area (Å²) in [7, 11) is 0. The second-order valence-corrected chi connectivity index (χ2v) is 6.45. The van der Waals surface area contributed by atoms with Crippen LogP contribution in [-0.2, 0) is 23.8 Å². The summed E-state index contributed by atoms with van der Waals surface area (Å²) < 4.78 is 15.1. The summed E-state index contributed by atoms with van der Waals surface area (Å²) in [6.07, 6.45) is -0.821.